The number of nitrogens with zero attached hydrogens (tertiary/aromatic N) is 3. The Morgan fingerprint density at radius 1 is 1.42 bits per heavy atom. The van der Waals surface area contributed by atoms with Gasteiger partial charge in [-0.05, 0) is 25.1 Å². The van der Waals surface area contributed by atoms with Crippen LogP contribution >= 0.6 is 11.6 Å². The Morgan fingerprint density at radius 3 is 3.00 bits per heavy atom. The second kappa shape index (κ2) is 6.63. The van der Waals surface area contributed by atoms with Crippen molar-refractivity contribution in [2.75, 3.05) is 6.54 Å². The summed E-state index contributed by atoms with van der Waals surface area (Å²) in [4.78, 5) is 4.17. The zero-order chi connectivity index (χ0) is 13.7. The Kier molecular flexibility index (Phi) is 4.87. The Bertz CT molecular complexity index is 541. The first kappa shape index (κ1) is 14.0. The molecule has 0 saturated heterocycles. The molecule has 0 aliphatic heterocycles. The van der Waals surface area contributed by atoms with Gasteiger partial charge < -0.3 is 5.32 Å². The molecular formula is C13H16ClFN4. The number of hydrogen-bond acceptors (Lipinski definition) is 3. The molecule has 2 aromatic rings. The van der Waals surface area contributed by atoms with Crippen molar-refractivity contribution >= 4 is 11.6 Å². The fourth-order valence-corrected chi connectivity index (χ4v) is 1.90. The van der Waals surface area contributed by atoms with Crippen molar-refractivity contribution in [3.8, 4) is 0 Å². The monoisotopic (exact) mass is 282 g/mol. The minimum Gasteiger partial charge on any atom is -0.310 e. The Morgan fingerprint density at radius 2 is 2.26 bits per heavy atom. The summed E-state index contributed by atoms with van der Waals surface area (Å²) >= 11 is 5.73. The fourth-order valence-electron chi connectivity index (χ4n) is 1.75. The molecule has 0 bridgehead atoms. The number of benzene rings is 1. The third-order valence-corrected chi connectivity index (χ3v) is 2.98. The van der Waals surface area contributed by atoms with Gasteiger partial charge in [-0.1, -0.05) is 24.6 Å². The predicted octanol–water partition coefficient (Wildman–Crippen LogP) is 2.62. The third-order valence-electron chi connectivity index (χ3n) is 2.74. The van der Waals surface area contributed by atoms with Gasteiger partial charge in [0, 0.05) is 10.6 Å². The van der Waals surface area contributed by atoms with E-state index in [0.29, 0.717) is 23.7 Å². The zero-order valence-electron chi connectivity index (χ0n) is 10.7. The number of aromatic nitrogens is 3. The summed E-state index contributed by atoms with van der Waals surface area (Å²) in [6.07, 6.45) is 2.54. The lowest BCUT2D eigenvalue weighted by molar-refractivity contribution is 0.555. The molecule has 0 aliphatic rings. The Labute approximate surface area is 116 Å². The Hall–Kier alpha value is -1.46. The minimum atomic E-state index is -0.324. The SMILES string of the molecule is CCCNCc1ncnn1Cc1ccc(Cl)cc1F. The molecule has 0 unspecified atom stereocenters. The molecule has 1 N–H and O–H groups in total. The van der Waals surface area contributed by atoms with Gasteiger partial charge in [-0.25, -0.2) is 14.1 Å². The highest BCUT2D eigenvalue weighted by atomic mass is 35.5. The summed E-state index contributed by atoms with van der Waals surface area (Å²) in [5, 5.41) is 7.76. The first-order chi connectivity index (χ1) is 9.20. The lowest BCUT2D eigenvalue weighted by atomic mass is 10.2. The average molecular weight is 283 g/mol. The van der Waals surface area contributed by atoms with Crippen LogP contribution in [-0.4, -0.2) is 21.3 Å². The molecular weight excluding hydrogens is 267 g/mol. The lowest BCUT2D eigenvalue weighted by Crippen LogP contribution is -2.18. The molecule has 1 aromatic heterocycles. The van der Waals surface area contributed by atoms with E-state index in [0.717, 1.165) is 18.8 Å². The minimum absolute atomic E-state index is 0.324. The van der Waals surface area contributed by atoms with Gasteiger partial charge in [-0.3, -0.25) is 0 Å². The highest BCUT2D eigenvalue weighted by Crippen LogP contribution is 2.15. The van der Waals surface area contributed by atoms with Crippen LogP contribution in [0.25, 0.3) is 0 Å². The molecule has 2 rings (SSSR count). The molecule has 19 heavy (non-hydrogen) atoms. The summed E-state index contributed by atoms with van der Waals surface area (Å²) in [6.45, 7) is 4.00. The normalized spacial score (nSPS) is 10.9. The van der Waals surface area contributed by atoms with E-state index in [4.69, 9.17) is 11.6 Å². The van der Waals surface area contributed by atoms with Crippen molar-refractivity contribution in [3.05, 3.63) is 46.8 Å². The van der Waals surface area contributed by atoms with Crippen molar-refractivity contribution in [3.63, 3.8) is 0 Å². The number of hydrogen-bond donors (Lipinski definition) is 1. The maximum atomic E-state index is 13.7. The van der Waals surface area contributed by atoms with Crippen molar-refractivity contribution in [1.82, 2.24) is 20.1 Å². The van der Waals surface area contributed by atoms with Gasteiger partial charge in [0.05, 0.1) is 13.1 Å². The van der Waals surface area contributed by atoms with E-state index in [2.05, 4.69) is 22.3 Å². The van der Waals surface area contributed by atoms with Crippen molar-refractivity contribution in [1.29, 1.82) is 0 Å². The number of nitrogens with one attached hydrogen (secondary N) is 1. The van der Waals surface area contributed by atoms with E-state index in [1.165, 1.54) is 12.4 Å². The number of halogens is 2. The fraction of sp³-hybridized carbons (Fsp3) is 0.385. The van der Waals surface area contributed by atoms with Gasteiger partial charge in [-0.2, -0.15) is 5.10 Å². The van der Waals surface area contributed by atoms with Crippen molar-refractivity contribution < 1.29 is 4.39 Å². The molecule has 4 nitrogen and oxygen atoms in total. The van der Waals surface area contributed by atoms with E-state index in [1.807, 2.05) is 0 Å². The van der Waals surface area contributed by atoms with Crippen LogP contribution in [0.5, 0.6) is 0 Å². The van der Waals surface area contributed by atoms with Crippen LogP contribution in [0.4, 0.5) is 4.39 Å². The largest absolute Gasteiger partial charge is 0.310 e. The smallest absolute Gasteiger partial charge is 0.141 e. The topological polar surface area (TPSA) is 42.7 Å². The Balaban J connectivity index is 2.08. The van der Waals surface area contributed by atoms with Gasteiger partial charge in [0.15, 0.2) is 0 Å². The van der Waals surface area contributed by atoms with E-state index in [1.54, 1.807) is 16.8 Å². The van der Waals surface area contributed by atoms with Crippen LogP contribution in [0.15, 0.2) is 24.5 Å². The van der Waals surface area contributed by atoms with Crippen LogP contribution in [0, 0.1) is 5.82 Å². The molecule has 0 aliphatic carbocycles. The summed E-state index contributed by atoms with van der Waals surface area (Å²) in [6, 6.07) is 4.65. The molecule has 0 radical (unpaired) electrons. The van der Waals surface area contributed by atoms with Crippen molar-refractivity contribution in [2.24, 2.45) is 0 Å². The molecule has 1 aromatic carbocycles. The predicted molar refractivity (Wildman–Crippen MR) is 72.5 cm³/mol. The van der Waals surface area contributed by atoms with Gasteiger partial charge in [-0.15, -0.1) is 0 Å². The highest BCUT2D eigenvalue weighted by molar-refractivity contribution is 6.30. The van der Waals surface area contributed by atoms with Gasteiger partial charge >= 0.3 is 0 Å². The molecule has 6 heteroatoms. The first-order valence-electron chi connectivity index (χ1n) is 6.22. The first-order valence-corrected chi connectivity index (χ1v) is 6.60. The summed E-state index contributed by atoms with van der Waals surface area (Å²) in [7, 11) is 0. The maximum Gasteiger partial charge on any atom is 0.141 e. The van der Waals surface area contributed by atoms with Crippen LogP contribution in [0.1, 0.15) is 24.7 Å². The van der Waals surface area contributed by atoms with Crippen LogP contribution < -0.4 is 5.32 Å². The molecule has 0 saturated carbocycles. The zero-order valence-corrected chi connectivity index (χ0v) is 11.5. The van der Waals surface area contributed by atoms with E-state index in [-0.39, 0.29) is 5.82 Å². The highest BCUT2D eigenvalue weighted by Gasteiger charge is 2.08. The van der Waals surface area contributed by atoms with Crippen LogP contribution in [-0.2, 0) is 13.1 Å². The quantitative estimate of drug-likeness (QED) is 0.828. The van der Waals surface area contributed by atoms with E-state index >= 15 is 0 Å². The summed E-state index contributed by atoms with van der Waals surface area (Å²) < 4.78 is 15.4. The summed E-state index contributed by atoms with van der Waals surface area (Å²) in [5.74, 6) is 0.471. The van der Waals surface area contributed by atoms with Crippen LogP contribution in [0.3, 0.4) is 0 Å². The lowest BCUT2D eigenvalue weighted by Gasteiger charge is -2.08. The second-order valence-electron chi connectivity index (χ2n) is 4.25. The van der Waals surface area contributed by atoms with Crippen LogP contribution in [0.2, 0.25) is 5.02 Å². The molecule has 102 valence electrons. The maximum absolute atomic E-state index is 13.7. The average Bonchev–Trinajstić information content (AvgIpc) is 2.81. The van der Waals surface area contributed by atoms with E-state index < -0.39 is 0 Å². The number of rotatable bonds is 6. The van der Waals surface area contributed by atoms with Crippen molar-refractivity contribution in [2.45, 2.75) is 26.4 Å². The van der Waals surface area contributed by atoms with Gasteiger partial charge in [0.2, 0.25) is 0 Å². The molecule has 0 spiro atoms. The van der Waals surface area contributed by atoms with E-state index in [9.17, 15) is 4.39 Å². The van der Waals surface area contributed by atoms with Gasteiger partial charge in [0.25, 0.3) is 0 Å². The second-order valence-corrected chi connectivity index (χ2v) is 4.68. The standard InChI is InChI=1S/C13H16ClFN4/c1-2-5-16-7-13-17-9-18-19(13)8-10-3-4-11(14)6-12(10)15/h3-4,6,9,16H,2,5,7-8H2,1H3. The molecule has 0 atom stereocenters. The molecule has 0 amide bonds. The molecule has 1 heterocycles. The third kappa shape index (κ3) is 3.75. The van der Waals surface area contributed by atoms with Gasteiger partial charge in [0.1, 0.15) is 18.0 Å². The molecule has 0 fully saturated rings. The summed E-state index contributed by atoms with van der Waals surface area (Å²) in [5.41, 5.74) is 0.548.